The molecule has 0 rings (SSSR count). The van der Waals surface area contributed by atoms with Gasteiger partial charge in [0.2, 0.25) is 0 Å². The molecule has 0 aromatic heterocycles. The summed E-state index contributed by atoms with van der Waals surface area (Å²) in [6.07, 6.45) is 0. The molecule has 0 aromatic rings. The second-order valence-corrected chi connectivity index (χ2v) is 36.4. The van der Waals surface area contributed by atoms with Gasteiger partial charge in [-0.25, -0.2) is 0 Å². The van der Waals surface area contributed by atoms with Crippen molar-refractivity contribution in [3.8, 4) is 0 Å². The first-order chi connectivity index (χ1) is 2.56. The van der Waals surface area contributed by atoms with Crippen LogP contribution in [-0.2, 0) is 0 Å². The van der Waals surface area contributed by atoms with Crippen molar-refractivity contribution in [3.05, 3.63) is 0 Å². The second-order valence-electron chi connectivity index (χ2n) is 1.81. The Hall–Kier alpha value is -2.04. The van der Waals surface area contributed by atoms with E-state index in [4.69, 9.17) is 0 Å². The molecular formula is C3H7NRf2. The summed E-state index contributed by atoms with van der Waals surface area (Å²) in [4.78, 5) is 0. The molecule has 0 aliphatic rings. The van der Waals surface area contributed by atoms with Gasteiger partial charge in [0.15, 0.2) is 0 Å². The van der Waals surface area contributed by atoms with Crippen LogP contribution in [0, 0.1) is 0 Å². The van der Waals surface area contributed by atoms with E-state index in [2.05, 4.69) is 19.3 Å². The van der Waals surface area contributed by atoms with Crippen LogP contribution in [0.5, 0.6) is 0 Å². The van der Waals surface area contributed by atoms with Crippen molar-refractivity contribution in [1.82, 2.24) is 5.32 Å². The van der Waals surface area contributed by atoms with Gasteiger partial charge in [0.1, 0.15) is 0 Å². The molecule has 0 saturated heterocycles. The molecule has 3 heteroatoms. The van der Waals surface area contributed by atoms with Gasteiger partial charge in [-0.15, -0.1) is 0 Å². The fraction of sp³-hybridized carbons (Fsp3) is 1.00. The molecule has 0 spiro atoms. The molecule has 0 unspecified atom stereocenters. The van der Waals surface area contributed by atoms with Crippen LogP contribution >= 0.6 is 0 Å². The maximum absolute atomic E-state index is 3.29. The van der Waals surface area contributed by atoms with Crippen molar-refractivity contribution in [2.75, 3.05) is 7.05 Å². The number of hydrogen-bond donors (Lipinski definition) is 1. The minimum absolute atomic E-state index is 0.710. The Bertz CT molecular complexity index is 38.5. The molecule has 0 aliphatic carbocycles. The average Bonchev–Trinajstić information content (AvgIpc) is 1.35. The summed E-state index contributed by atoms with van der Waals surface area (Å²) in [6, 6.07) is 0. The molecular weight excluding hydrogens is 584 g/mol. The first kappa shape index (κ1) is 3.96. The summed E-state index contributed by atoms with van der Waals surface area (Å²) >= 11 is 0. The van der Waals surface area contributed by atoms with Crippen LogP contribution in [0.2, 0.25) is 0 Å². The summed E-state index contributed by atoms with van der Waals surface area (Å²) in [5.41, 5.74) is 0. The van der Waals surface area contributed by atoms with Crippen molar-refractivity contribution in [2.24, 2.45) is 0 Å². The quantitative estimate of drug-likeness (QED) is 0.453. The molecule has 6 heavy (non-hydrogen) atoms. The van der Waals surface area contributed by atoms with Gasteiger partial charge in [-0.2, -0.15) is 0 Å². The summed E-state index contributed by atoms with van der Waals surface area (Å²) in [5.74, 6) is 0. The predicted octanol–water partition coefficient (Wildman–Crippen LogP) is -0.0219. The van der Waals surface area contributed by atoms with Gasteiger partial charge in [-0.05, 0) is 0 Å². The molecule has 0 heterocycles. The fourth-order valence-corrected chi connectivity index (χ4v) is 0. The van der Waals surface area contributed by atoms with Gasteiger partial charge in [0.25, 0.3) is 0 Å². The summed E-state index contributed by atoms with van der Waals surface area (Å²) in [7, 11) is 2.06. The van der Waals surface area contributed by atoms with Crippen LogP contribution in [0.3, 0.4) is 0 Å². The Morgan fingerprint density at radius 1 is 1.50 bits per heavy atom. The molecule has 0 saturated carbocycles. The first-order valence-corrected chi connectivity index (χ1v) is 8.36. The van der Waals surface area contributed by atoms with Crippen LogP contribution in [0.15, 0.2) is 0 Å². The number of nitrogens with one attached hydrogen (secondary N) is 1. The normalized spacial score (nSPS) is 12.3. The Morgan fingerprint density at radius 3 is 1.67 bits per heavy atom. The van der Waals surface area contributed by atoms with Crippen molar-refractivity contribution >= 4 is 0 Å². The molecule has 0 fully saturated rings. The van der Waals surface area contributed by atoms with Gasteiger partial charge in [-0.3, -0.25) is 0 Å². The number of hydrogen-bond acceptors (Lipinski definition) is 1. The Morgan fingerprint density at radius 2 is 1.67 bits per heavy atom. The summed E-state index contributed by atoms with van der Waals surface area (Å²) in [5, 5.41) is 3.29. The molecule has 28 valence electrons. The first-order valence-electron chi connectivity index (χ1n) is 1.96. The molecule has 0 bridgehead atoms. The second kappa shape index (κ2) is 0.462. The SMILES string of the molecule is CN[C](C)([Rf])[Rf]. The van der Waals surface area contributed by atoms with Gasteiger partial charge in [-0.1, -0.05) is 0 Å². The van der Waals surface area contributed by atoms with Gasteiger partial charge in [0.05, 0.1) is 0 Å². The minimum atomic E-state index is 0.710. The number of rotatable bonds is 1. The summed E-state index contributed by atoms with van der Waals surface area (Å²) < 4.78 is 1.70. The van der Waals surface area contributed by atoms with E-state index in [9.17, 15) is 0 Å². The van der Waals surface area contributed by atoms with Crippen LogP contribution < -0.4 is 5.32 Å². The van der Waals surface area contributed by atoms with E-state index in [1.54, 1.807) is 0 Å². The topological polar surface area (TPSA) is 12.0 Å². The third kappa shape index (κ3) is 1.96. The van der Waals surface area contributed by atoms with Gasteiger partial charge >= 0.3 is 25.8 Å². The van der Waals surface area contributed by atoms with E-state index in [1.165, 1.54) is 0 Å². The van der Waals surface area contributed by atoms with Crippen molar-refractivity contribution in [1.29, 1.82) is 0 Å². The van der Waals surface area contributed by atoms with Gasteiger partial charge in [0, 0.05) is 0 Å². The third-order valence-electron chi connectivity index (χ3n) is 0.604. The molecule has 0 amide bonds. The van der Waals surface area contributed by atoms with E-state index < -0.39 is 0 Å². The van der Waals surface area contributed by atoms with E-state index in [-0.39, 0.29) is 0 Å². The van der Waals surface area contributed by atoms with Gasteiger partial charge < -0.3 is 0 Å². The zero-order chi connectivity index (χ0) is 5.21. The fourth-order valence-electron chi connectivity index (χ4n) is 0. The molecule has 1 nitrogen and oxygen atoms in total. The molecule has 0 radical (unpaired) electrons. The Balaban J connectivity index is 3.17. The molecule has 0 aliphatic heterocycles. The maximum atomic E-state index is 3.29. The molecule has 0 aromatic carbocycles. The zero-order valence-electron chi connectivity index (χ0n) is 4.41. The monoisotopic (exact) mass is 591 g/mol. The molecule has 0 atom stereocenters. The van der Waals surface area contributed by atoms with Crippen LogP contribution in [0.1, 0.15) is 6.92 Å². The Labute approximate surface area is 27.0 Å². The third-order valence-corrected chi connectivity index (χ3v) is 3.80. The van der Waals surface area contributed by atoms with Crippen LogP contribution in [0.25, 0.3) is 0 Å². The summed E-state index contributed by atoms with van der Waals surface area (Å²) in [6.45, 7) is 3.03. The van der Waals surface area contributed by atoms with E-state index in [1.807, 2.05) is 0 Å². The van der Waals surface area contributed by atoms with E-state index >= 15 is 0 Å². The van der Waals surface area contributed by atoms with E-state index in [0.29, 0.717) is 6.54 Å². The Kier molecular flexibility index (Phi) is 0.305. The molecule has 1 N–H and O–H groups in total. The van der Waals surface area contributed by atoms with Crippen LogP contribution in [-0.4, -0.2) is 13.6 Å². The van der Waals surface area contributed by atoms with Crippen molar-refractivity contribution in [2.45, 2.75) is 13.5 Å². The predicted molar refractivity (Wildman–Crippen MR) is 17.5 cm³/mol. The van der Waals surface area contributed by atoms with Crippen molar-refractivity contribution < 1.29 is 0 Å². The standard InChI is InChI=1S/C3H7N.2Rf/c1-3-4-2;;/h4H,1-2H3;;. The van der Waals surface area contributed by atoms with Crippen LogP contribution in [0.4, 0.5) is 0 Å². The van der Waals surface area contributed by atoms with Crippen molar-refractivity contribution in [3.63, 3.8) is 0 Å². The van der Waals surface area contributed by atoms with E-state index in [0.717, 1.165) is 0 Å². The zero-order valence-corrected chi connectivity index (χ0v) is 17.2. The average molecular weight is 591 g/mol.